The van der Waals surface area contributed by atoms with Crippen molar-refractivity contribution in [3.8, 4) is 0 Å². The normalized spacial score (nSPS) is 12.6. The van der Waals surface area contributed by atoms with Crippen molar-refractivity contribution in [3.63, 3.8) is 0 Å². The predicted molar refractivity (Wildman–Crippen MR) is 71.5 cm³/mol. The number of nitrogens with two attached hydrogens (primary N) is 1. The summed E-state index contributed by atoms with van der Waals surface area (Å²) in [6.07, 6.45) is 0. The maximum Gasteiger partial charge on any atom is 0.136 e. The van der Waals surface area contributed by atoms with Crippen molar-refractivity contribution in [1.29, 1.82) is 0 Å². The lowest BCUT2D eigenvalue weighted by Gasteiger charge is -2.13. The second kappa shape index (κ2) is 6.16. The number of nitrogens with one attached hydrogen (secondary N) is 1. The van der Waals surface area contributed by atoms with Crippen molar-refractivity contribution in [2.75, 3.05) is 5.75 Å². The highest BCUT2D eigenvalue weighted by Gasteiger charge is 2.12. The van der Waals surface area contributed by atoms with Gasteiger partial charge in [0.25, 0.3) is 0 Å². The molecular weight excluding hydrogens is 255 g/mol. The van der Waals surface area contributed by atoms with Crippen LogP contribution in [0.1, 0.15) is 10.9 Å². The van der Waals surface area contributed by atoms with Crippen LogP contribution in [0.3, 0.4) is 0 Å². The zero-order chi connectivity index (χ0) is 12.1. The van der Waals surface area contributed by atoms with Crippen LogP contribution in [-0.2, 0) is 0 Å². The van der Waals surface area contributed by atoms with Gasteiger partial charge in [0.2, 0.25) is 0 Å². The molecule has 5 heteroatoms. The first-order chi connectivity index (χ1) is 8.31. The molecule has 1 atom stereocenters. The molecule has 1 unspecified atom stereocenters. The van der Waals surface area contributed by atoms with Crippen molar-refractivity contribution in [1.82, 2.24) is 5.43 Å². The highest BCUT2D eigenvalue weighted by atomic mass is 32.2. The van der Waals surface area contributed by atoms with Gasteiger partial charge in [0, 0.05) is 15.5 Å². The van der Waals surface area contributed by atoms with E-state index in [0.717, 1.165) is 4.88 Å². The Morgan fingerprint density at radius 1 is 1.29 bits per heavy atom. The monoisotopic (exact) mass is 268 g/mol. The zero-order valence-corrected chi connectivity index (χ0v) is 10.7. The lowest BCUT2D eigenvalue weighted by molar-refractivity contribution is 0.598. The van der Waals surface area contributed by atoms with E-state index in [-0.39, 0.29) is 11.9 Å². The summed E-state index contributed by atoms with van der Waals surface area (Å²) in [4.78, 5) is 1.82. The van der Waals surface area contributed by atoms with Gasteiger partial charge in [-0.3, -0.25) is 11.3 Å². The highest BCUT2D eigenvalue weighted by Crippen LogP contribution is 2.28. The zero-order valence-electron chi connectivity index (χ0n) is 9.10. The minimum atomic E-state index is -0.181. The smallest absolute Gasteiger partial charge is 0.136 e. The Morgan fingerprint density at radius 3 is 2.76 bits per heavy atom. The number of benzene rings is 1. The van der Waals surface area contributed by atoms with E-state index in [1.54, 1.807) is 23.5 Å². The molecular formula is C12H13FN2S2. The molecule has 0 aliphatic heterocycles. The third-order valence-corrected chi connectivity index (χ3v) is 4.46. The minimum absolute atomic E-state index is 0.0552. The molecule has 0 fully saturated rings. The van der Waals surface area contributed by atoms with Crippen molar-refractivity contribution in [2.24, 2.45) is 5.84 Å². The van der Waals surface area contributed by atoms with Crippen LogP contribution in [0.15, 0.2) is 46.7 Å². The van der Waals surface area contributed by atoms with Crippen LogP contribution in [0.4, 0.5) is 4.39 Å². The fraction of sp³-hybridized carbons (Fsp3) is 0.167. The van der Waals surface area contributed by atoms with Gasteiger partial charge in [-0.15, -0.1) is 23.1 Å². The Balaban J connectivity index is 2.00. The number of thiophene rings is 1. The summed E-state index contributed by atoms with van der Waals surface area (Å²) in [5.74, 6) is 6.04. The van der Waals surface area contributed by atoms with E-state index < -0.39 is 0 Å². The molecule has 0 spiro atoms. The summed E-state index contributed by atoms with van der Waals surface area (Å²) in [5.41, 5.74) is 2.76. The molecule has 3 N–H and O–H groups in total. The maximum absolute atomic E-state index is 13.4. The molecule has 90 valence electrons. The molecule has 0 amide bonds. The average molecular weight is 268 g/mol. The van der Waals surface area contributed by atoms with E-state index in [4.69, 9.17) is 5.84 Å². The van der Waals surface area contributed by atoms with Gasteiger partial charge >= 0.3 is 0 Å². The Bertz CT molecular complexity index is 459. The van der Waals surface area contributed by atoms with Crippen LogP contribution in [0.5, 0.6) is 0 Å². The van der Waals surface area contributed by atoms with Gasteiger partial charge in [0.15, 0.2) is 0 Å². The summed E-state index contributed by atoms with van der Waals surface area (Å²) in [6, 6.07) is 10.8. The first-order valence-electron chi connectivity index (χ1n) is 5.18. The van der Waals surface area contributed by atoms with E-state index in [9.17, 15) is 4.39 Å². The van der Waals surface area contributed by atoms with Crippen LogP contribution < -0.4 is 11.3 Å². The van der Waals surface area contributed by atoms with Crippen LogP contribution >= 0.6 is 23.1 Å². The third kappa shape index (κ3) is 3.29. The topological polar surface area (TPSA) is 38.0 Å². The van der Waals surface area contributed by atoms with E-state index in [0.29, 0.717) is 10.6 Å². The van der Waals surface area contributed by atoms with E-state index in [1.807, 2.05) is 23.6 Å². The van der Waals surface area contributed by atoms with Crippen molar-refractivity contribution in [2.45, 2.75) is 10.9 Å². The molecule has 2 aromatic rings. The van der Waals surface area contributed by atoms with Crippen molar-refractivity contribution < 1.29 is 4.39 Å². The number of thioether (sulfide) groups is 1. The first kappa shape index (κ1) is 12.6. The number of rotatable bonds is 5. The highest BCUT2D eigenvalue weighted by molar-refractivity contribution is 7.99. The summed E-state index contributed by atoms with van der Waals surface area (Å²) >= 11 is 3.11. The first-order valence-corrected chi connectivity index (χ1v) is 7.04. The third-order valence-electron chi connectivity index (χ3n) is 2.33. The number of hydrazine groups is 1. The molecule has 0 bridgehead atoms. The molecule has 2 rings (SSSR count). The Morgan fingerprint density at radius 2 is 2.12 bits per heavy atom. The Hall–Kier alpha value is -0.880. The Labute approximate surface area is 108 Å². The molecule has 17 heavy (non-hydrogen) atoms. The second-order valence-electron chi connectivity index (χ2n) is 3.48. The number of hydrogen-bond acceptors (Lipinski definition) is 4. The molecule has 2 nitrogen and oxygen atoms in total. The molecule has 0 radical (unpaired) electrons. The fourth-order valence-electron chi connectivity index (χ4n) is 1.44. The van der Waals surface area contributed by atoms with Crippen molar-refractivity contribution in [3.05, 3.63) is 52.5 Å². The van der Waals surface area contributed by atoms with Crippen molar-refractivity contribution >= 4 is 23.1 Å². The minimum Gasteiger partial charge on any atom is -0.271 e. The van der Waals surface area contributed by atoms with Gasteiger partial charge in [-0.2, -0.15) is 0 Å². The van der Waals surface area contributed by atoms with Crippen LogP contribution in [-0.4, -0.2) is 5.75 Å². The summed E-state index contributed by atoms with van der Waals surface area (Å²) in [6.45, 7) is 0. The lowest BCUT2D eigenvalue weighted by Crippen LogP contribution is -2.29. The maximum atomic E-state index is 13.4. The largest absolute Gasteiger partial charge is 0.271 e. The predicted octanol–water partition coefficient (Wildman–Crippen LogP) is 3.18. The van der Waals surface area contributed by atoms with Crippen LogP contribution in [0.2, 0.25) is 0 Å². The van der Waals surface area contributed by atoms with Crippen LogP contribution in [0, 0.1) is 5.82 Å². The standard InChI is InChI=1S/C12H13FN2S2/c13-9-4-1-2-5-11(9)17-8-10(15-14)12-6-3-7-16-12/h1-7,10,15H,8,14H2. The Kier molecular flexibility index (Phi) is 4.56. The summed E-state index contributed by atoms with van der Waals surface area (Å²) < 4.78 is 13.4. The average Bonchev–Trinajstić information content (AvgIpc) is 2.86. The molecule has 0 aliphatic rings. The second-order valence-corrected chi connectivity index (χ2v) is 5.52. The van der Waals surface area contributed by atoms with E-state index in [1.165, 1.54) is 17.8 Å². The molecule has 1 aromatic heterocycles. The summed E-state index contributed by atoms with van der Waals surface area (Å²) in [5, 5.41) is 2.01. The van der Waals surface area contributed by atoms with E-state index in [2.05, 4.69) is 5.43 Å². The molecule has 1 heterocycles. The van der Waals surface area contributed by atoms with Gasteiger partial charge in [-0.05, 0) is 23.6 Å². The number of hydrogen-bond donors (Lipinski definition) is 2. The van der Waals surface area contributed by atoms with Gasteiger partial charge in [-0.25, -0.2) is 4.39 Å². The quantitative estimate of drug-likeness (QED) is 0.497. The van der Waals surface area contributed by atoms with Gasteiger partial charge < -0.3 is 0 Å². The van der Waals surface area contributed by atoms with Gasteiger partial charge in [0.1, 0.15) is 5.82 Å². The molecule has 1 aromatic carbocycles. The van der Waals surface area contributed by atoms with Gasteiger partial charge in [0.05, 0.1) is 6.04 Å². The molecule has 0 aliphatic carbocycles. The van der Waals surface area contributed by atoms with Crippen LogP contribution in [0.25, 0.3) is 0 Å². The van der Waals surface area contributed by atoms with Gasteiger partial charge in [-0.1, -0.05) is 18.2 Å². The van der Waals surface area contributed by atoms with E-state index >= 15 is 0 Å². The molecule has 0 saturated heterocycles. The summed E-state index contributed by atoms with van der Waals surface area (Å²) in [7, 11) is 0. The SMILES string of the molecule is NNC(CSc1ccccc1F)c1cccs1. The fourth-order valence-corrected chi connectivity index (χ4v) is 3.33. The number of halogens is 1. The molecule has 0 saturated carbocycles. The lowest BCUT2D eigenvalue weighted by atomic mass is 10.3.